The van der Waals surface area contributed by atoms with Crippen molar-refractivity contribution in [2.45, 2.75) is 0 Å². The van der Waals surface area contributed by atoms with Gasteiger partial charge in [-0.2, -0.15) is 0 Å². The van der Waals surface area contributed by atoms with Crippen LogP contribution in [0.5, 0.6) is 5.75 Å². The molecule has 1 amide bonds. The van der Waals surface area contributed by atoms with Gasteiger partial charge >= 0.3 is 5.97 Å². The number of carboxylic acid groups (broad SMARTS) is 1. The first-order chi connectivity index (χ1) is 10.4. The summed E-state index contributed by atoms with van der Waals surface area (Å²) in [5.74, 6) is -1.18. The number of anilines is 1. The number of benzene rings is 2. The highest BCUT2D eigenvalue weighted by Gasteiger charge is 2.17. The highest BCUT2D eigenvalue weighted by Crippen LogP contribution is 2.26. The zero-order chi connectivity index (χ0) is 16.3. The summed E-state index contributed by atoms with van der Waals surface area (Å²) in [6.45, 7) is 0. The van der Waals surface area contributed by atoms with Crippen LogP contribution >= 0.6 is 31.9 Å². The molecule has 7 heteroatoms. The molecule has 0 saturated carbocycles. The lowest BCUT2D eigenvalue weighted by molar-refractivity contribution is 0.0698. The third-order valence-corrected chi connectivity index (χ3v) is 3.85. The minimum Gasteiger partial charge on any atom is -0.496 e. The Morgan fingerprint density at radius 1 is 1.05 bits per heavy atom. The van der Waals surface area contributed by atoms with Crippen molar-refractivity contribution >= 4 is 49.4 Å². The van der Waals surface area contributed by atoms with Crippen LogP contribution in [0.15, 0.2) is 45.3 Å². The van der Waals surface area contributed by atoms with Crippen LogP contribution in [0.1, 0.15) is 20.7 Å². The van der Waals surface area contributed by atoms with Crippen LogP contribution < -0.4 is 10.1 Å². The summed E-state index contributed by atoms with van der Waals surface area (Å²) in [6.07, 6.45) is 0. The van der Waals surface area contributed by atoms with Gasteiger partial charge in [0.1, 0.15) is 5.75 Å². The van der Waals surface area contributed by atoms with Crippen LogP contribution in [0.2, 0.25) is 0 Å². The van der Waals surface area contributed by atoms with Gasteiger partial charge < -0.3 is 15.2 Å². The van der Waals surface area contributed by atoms with Gasteiger partial charge in [-0.15, -0.1) is 0 Å². The van der Waals surface area contributed by atoms with Gasteiger partial charge in [0.05, 0.1) is 23.9 Å². The molecule has 0 radical (unpaired) electrons. The van der Waals surface area contributed by atoms with Gasteiger partial charge in [-0.25, -0.2) is 4.79 Å². The summed E-state index contributed by atoms with van der Waals surface area (Å²) in [5, 5.41) is 11.8. The van der Waals surface area contributed by atoms with E-state index in [1.807, 2.05) is 0 Å². The fraction of sp³-hybridized carbons (Fsp3) is 0.0667. The molecule has 114 valence electrons. The molecule has 2 aromatic carbocycles. The van der Waals surface area contributed by atoms with Crippen LogP contribution in [0.25, 0.3) is 0 Å². The molecular formula is C15H11Br2NO4. The molecule has 2 N–H and O–H groups in total. The maximum atomic E-state index is 12.4. The molecule has 0 heterocycles. The van der Waals surface area contributed by atoms with Crippen molar-refractivity contribution in [2.75, 3.05) is 12.4 Å². The lowest BCUT2D eigenvalue weighted by Crippen LogP contribution is -2.15. The van der Waals surface area contributed by atoms with Gasteiger partial charge in [0.2, 0.25) is 0 Å². The van der Waals surface area contributed by atoms with Crippen LogP contribution in [0, 0.1) is 0 Å². The third kappa shape index (κ3) is 3.66. The Labute approximate surface area is 143 Å². The summed E-state index contributed by atoms with van der Waals surface area (Å²) in [6, 6.07) is 9.61. The van der Waals surface area contributed by atoms with Gasteiger partial charge in [-0.1, -0.05) is 31.9 Å². The van der Waals surface area contributed by atoms with E-state index in [0.717, 1.165) is 0 Å². The number of carboxylic acids is 1. The molecule has 0 fully saturated rings. The van der Waals surface area contributed by atoms with Crippen LogP contribution in [-0.4, -0.2) is 24.1 Å². The predicted octanol–water partition coefficient (Wildman–Crippen LogP) is 4.17. The Balaban J connectivity index is 2.38. The first kappa shape index (κ1) is 16.5. The summed E-state index contributed by atoms with van der Waals surface area (Å²) < 4.78 is 6.48. The Morgan fingerprint density at radius 3 is 2.23 bits per heavy atom. The number of carbonyl (C=O) groups excluding carboxylic acids is 1. The Morgan fingerprint density at radius 2 is 1.64 bits per heavy atom. The Bertz CT molecular complexity index is 746. The molecule has 5 nitrogen and oxygen atoms in total. The molecular weight excluding hydrogens is 418 g/mol. The van der Waals surface area contributed by atoms with Crippen molar-refractivity contribution in [3.8, 4) is 5.75 Å². The molecule has 2 rings (SSSR count). The van der Waals surface area contributed by atoms with E-state index in [1.165, 1.54) is 19.2 Å². The van der Waals surface area contributed by atoms with Crippen molar-refractivity contribution in [3.05, 3.63) is 56.5 Å². The second-order valence-corrected chi connectivity index (χ2v) is 6.13. The zero-order valence-corrected chi connectivity index (χ0v) is 14.6. The first-order valence-corrected chi connectivity index (χ1v) is 7.68. The zero-order valence-electron chi connectivity index (χ0n) is 11.4. The minimum atomic E-state index is -1.13. The van der Waals surface area contributed by atoms with E-state index in [2.05, 4.69) is 37.2 Å². The number of hydrogen-bond acceptors (Lipinski definition) is 3. The maximum absolute atomic E-state index is 12.4. The SMILES string of the molecule is COc1ccc(Br)cc1C(=O)Nc1ccc(Br)cc1C(=O)O. The molecule has 0 bridgehead atoms. The maximum Gasteiger partial charge on any atom is 0.337 e. The predicted molar refractivity (Wildman–Crippen MR) is 89.7 cm³/mol. The average molecular weight is 429 g/mol. The van der Waals surface area contributed by atoms with Gasteiger partial charge in [0.25, 0.3) is 5.91 Å². The van der Waals surface area contributed by atoms with Crippen molar-refractivity contribution in [2.24, 2.45) is 0 Å². The number of amides is 1. The number of rotatable bonds is 4. The van der Waals surface area contributed by atoms with Gasteiger partial charge in [-0.05, 0) is 36.4 Å². The molecule has 22 heavy (non-hydrogen) atoms. The fourth-order valence-electron chi connectivity index (χ4n) is 1.85. The monoisotopic (exact) mass is 427 g/mol. The van der Waals surface area contributed by atoms with Crippen molar-refractivity contribution in [1.82, 2.24) is 0 Å². The quantitative estimate of drug-likeness (QED) is 0.766. The second kappa shape index (κ2) is 6.93. The first-order valence-electron chi connectivity index (χ1n) is 6.10. The molecule has 0 saturated heterocycles. The number of halogens is 2. The molecule has 2 aromatic rings. The van der Waals surface area contributed by atoms with E-state index in [9.17, 15) is 14.7 Å². The normalized spacial score (nSPS) is 10.1. The standard InChI is InChI=1S/C15H11Br2NO4/c1-22-13-5-3-9(17)7-11(13)14(19)18-12-4-2-8(16)6-10(12)15(20)21/h2-7H,1H3,(H,18,19)(H,20,21). The number of methoxy groups -OCH3 is 1. The van der Waals surface area contributed by atoms with Gasteiger partial charge in [0, 0.05) is 8.95 Å². The number of nitrogens with one attached hydrogen (secondary N) is 1. The van der Waals surface area contributed by atoms with Crippen molar-refractivity contribution < 1.29 is 19.4 Å². The highest BCUT2D eigenvalue weighted by atomic mass is 79.9. The van der Waals surface area contributed by atoms with E-state index in [4.69, 9.17) is 4.74 Å². The molecule has 0 unspecified atom stereocenters. The Kier molecular flexibility index (Phi) is 5.20. The minimum absolute atomic E-state index is 0.00307. The molecule has 0 aliphatic rings. The molecule has 0 aliphatic heterocycles. The number of hydrogen-bond donors (Lipinski definition) is 2. The van der Waals surface area contributed by atoms with Crippen LogP contribution in [-0.2, 0) is 0 Å². The molecule has 0 aliphatic carbocycles. The molecule has 0 aromatic heterocycles. The van der Waals surface area contributed by atoms with E-state index >= 15 is 0 Å². The topological polar surface area (TPSA) is 75.6 Å². The van der Waals surface area contributed by atoms with Crippen LogP contribution in [0.4, 0.5) is 5.69 Å². The summed E-state index contributed by atoms with van der Waals surface area (Å²) in [5.41, 5.74) is 0.510. The lowest BCUT2D eigenvalue weighted by atomic mass is 10.1. The van der Waals surface area contributed by atoms with E-state index < -0.39 is 11.9 Å². The lowest BCUT2D eigenvalue weighted by Gasteiger charge is -2.11. The van der Waals surface area contributed by atoms with Crippen LogP contribution in [0.3, 0.4) is 0 Å². The average Bonchev–Trinajstić information content (AvgIpc) is 2.48. The smallest absolute Gasteiger partial charge is 0.337 e. The largest absolute Gasteiger partial charge is 0.496 e. The van der Waals surface area contributed by atoms with E-state index in [-0.39, 0.29) is 11.3 Å². The number of aromatic carboxylic acids is 1. The summed E-state index contributed by atoms with van der Waals surface area (Å²) in [4.78, 5) is 23.7. The number of ether oxygens (including phenoxy) is 1. The van der Waals surface area contributed by atoms with E-state index in [1.54, 1.807) is 24.3 Å². The second-order valence-electron chi connectivity index (χ2n) is 4.29. The van der Waals surface area contributed by atoms with Gasteiger partial charge in [0.15, 0.2) is 0 Å². The summed E-state index contributed by atoms with van der Waals surface area (Å²) in [7, 11) is 1.46. The third-order valence-electron chi connectivity index (χ3n) is 2.87. The fourth-order valence-corrected chi connectivity index (χ4v) is 2.57. The van der Waals surface area contributed by atoms with Gasteiger partial charge in [-0.3, -0.25) is 4.79 Å². The van der Waals surface area contributed by atoms with Crippen molar-refractivity contribution in [3.63, 3.8) is 0 Å². The summed E-state index contributed by atoms with van der Waals surface area (Å²) >= 11 is 6.50. The highest BCUT2D eigenvalue weighted by molar-refractivity contribution is 9.10. The molecule has 0 spiro atoms. The molecule has 0 atom stereocenters. The Hall–Kier alpha value is -1.86. The number of carbonyl (C=O) groups is 2. The van der Waals surface area contributed by atoms with Crippen molar-refractivity contribution in [1.29, 1.82) is 0 Å². The van der Waals surface area contributed by atoms with E-state index in [0.29, 0.717) is 20.3 Å².